The summed E-state index contributed by atoms with van der Waals surface area (Å²) in [6.45, 7) is 1.08. The van der Waals surface area contributed by atoms with Crippen LogP contribution in [-0.2, 0) is 10.6 Å². The second kappa shape index (κ2) is 6.60. The maximum atomic E-state index is 5.62. The number of guanidine groups is 1. The van der Waals surface area contributed by atoms with Gasteiger partial charge in [-0.25, -0.2) is 4.98 Å². The van der Waals surface area contributed by atoms with Crippen LogP contribution in [0.2, 0.25) is 0 Å². The quantitative estimate of drug-likeness (QED) is 0.356. The Kier molecular flexibility index (Phi) is 5.38. The Morgan fingerprint density at radius 2 is 2.60 bits per heavy atom. The number of hydrogen-bond acceptors (Lipinski definition) is 4. The summed E-state index contributed by atoms with van der Waals surface area (Å²) in [5, 5.41) is 5.45. The third-order valence-corrected chi connectivity index (χ3v) is 2.58. The number of anilines is 1. The van der Waals surface area contributed by atoms with Crippen LogP contribution in [0.5, 0.6) is 0 Å². The normalized spacial score (nSPS) is 11.7. The summed E-state index contributed by atoms with van der Waals surface area (Å²) in [6, 6.07) is 0. The van der Waals surface area contributed by atoms with E-state index >= 15 is 0 Å². The Bertz CT molecular complexity index is 328. The summed E-state index contributed by atoms with van der Waals surface area (Å²) in [7, 11) is 1.62. The topological polar surface area (TPSA) is 72.5 Å². The Morgan fingerprint density at radius 1 is 1.80 bits per heavy atom. The maximum Gasteiger partial charge on any atom is 0.195 e. The van der Waals surface area contributed by atoms with Crippen molar-refractivity contribution in [2.75, 3.05) is 25.6 Å². The van der Waals surface area contributed by atoms with E-state index in [9.17, 15) is 0 Å². The zero-order valence-corrected chi connectivity index (χ0v) is 9.94. The number of nitrogens with zero attached hydrogens (tertiary/aromatic N) is 2. The molecule has 1 aromatic heterocycles. The number of thiazole rings is 1. The summed E-state index contributed by atoms with van der Waals surface area (Å²) in [5.74, 6) is 0.737. The molecule has 0 aliphatic carbocycles. The predicted molar refractivity (Wildman–Crippen MR) is 63.7 cm³/mol. The fourth-order valence-corrected chi connectivity index (χ4v) is 1.78. The van der Waals surface area contributed by atoms with Gasteiger partial charge in [-0.1, -0.05) is 0 Å². The number of halogens is 1. The summed E-state index contributed by atoms with van der Waals surface area (Å²) in [4.78, 5) is 8.22. The fraction of sp³-hybridized carbons (Fsp3) is 0.500. The minimum atomic E-state index is 0.336. The Hall–Kier alpha value is -0.850. The maximum absolute atomic E-state index is 5.62. The SMILES string of the molecule is COCCN=C(N)Nc1nc(CCl)cs1. The highest BCUT2D eigenvalue weighted by Gasteiger charge is 2.01. The van der Waals surface area contributed by atoms with Crippen LogP contribution >= 0.6 is 22.9 Å². The number of ether oxygens (including phenoxy) is 1. The lowest BCUT2D eigenvalue weighted by Crippen LogP contribution is -2.23. The molecule has 5 nitrogen and oxygen atoms in total. The summed E-state index contributed by atoms with van der Waals surface area (Å²) < 4.78 is 4.84. The molecule has 1 heterocycles. The van der Waals surface area contributed by atoms with Gasteiger partial charge >= 0.3 is 0 Å². The van der Waals surface area contributed by atoms with Crippen molar-refractivity contribution in [2.24, 2.45) is 10.7 Å². The van der Waals surface area contributed by atoms with Gasteiger partial charge in [0.05, 0.1) is 24.7 Å². The summed E-state index contributed by atoms with van der Waals surface area (Å²) in [5.41, 5.74) is 6.44. The number of nitrogens with one attached hydrogen (secondary N) is 1. The lowest BCUT2D eigenvalue weighted by atomic mass is 10.6. The zero-order valence-electron chi connectivity index (χ0n) is 8.36. The molecule has 0 saturated heterocycles. The number of hydrogen-bond donors (Lipinski definition) is 2. The number of nitrogens with two attached hydrogens (primary N) is 1. The van der Waals surface area contributed by atoms with Crippen molar-refractivity contribution in [3.63, 3.8) is 0 Å². The first-order chi connectivity index (χ1) is 7.26. The van der Waals surface area contributed by atoms with Gasteiger partial charge in [-0.2, -0.15) is 0 Å². The largest absolute Gasteiger partial charge is 0.383 e. The Labute approximate surface area is 97.3 Å². The smallest absolute Gasteiger partial charge is 0.195 e. The van der Waals surface area contributed by atoms with E-state index in [2.05, 4.69) is 15.3 Å². The fourth-order valence-electron chi connectivity index (χ4n) is 0.832. The first-order valence-electron chi connectivity index (χ1n) is 4.32. The Balaban J connectivity index is 2.43. The van der Waals surface area contributed by atoms with Crippen molar-refractivity contribution in [2.45, 2.75) is 5.88 Å². The van der Waals surface area contributed by atoms with Gasteiger partial charge in [0.2, 0.25) is 0 Å². The van der Waals surface area contributed by atoms with E-state index in [0.717, 1.165) is 5.69 Å². The number of alkyl halides is 1. The van der Waals surface area contributed by atoms with Crippen LogP contribution in [0.25, 0.3) is 0 Å². The van der Waals surface area contributed by atoms with Crippen molar-refractivity contribution in [3.8, 4) is 0 Å². The molecule has 7 heteroatoms. The van der Waals surface area contributed by atoms with Crippen LogP contribution < -0.4 is 11.1 Å². The van der Waals surface area contributed by atoms with Crippen molar-refractivity contribution >= 4 is 34.0 Å². The molecule has 0 aliphatic rings. The van der Waals surface area contributed by atoms with Crippen molar-refractivity contribution in [3.05, 3.63) is 11.1 Å². The second-order valence-electron chi connectivity index (χ2n) is 2.66. The van der Waals surface area contributed by atoms with Crippen LogP contribution in [-0.4, -0.2) is 31.2 Å². The molecule has 0 aromatic carbocycles. The molecular formula is C8H13ClN4OS. The van der Waals surface area contributed by atoms with Gasteiger partial charge in [-0.05, 0) is 0 Å². The average Bonchev–Trinajstić information content (AvgIpc) is 2.66. The molecule has 84 valence electrons. The number of aliphatic imine (C=N–C) groups is 1. The van der Waals surface area contributed by atoms with Gasteiger partial charge in [-0.3, -0.25) is 4.99 Å². The van der Waals surface area contributed by atoms with Gasteiger partial charge in [0.15, 0.2) is 11.1 Å². The van der Waals surface area contributed by atoms with Crippen LogP contribution in [0, 0.1) is 0 Å². The van der Waals surface area contributed by atoms with Crippen LogP contribution in [0.1, 0.15) is 5.69 Å². The second-order valence-corrected chi connectivity index (χ2v) is 3.79. The molecule has 0 spiro atoms. The highest BCUT2D eigenvalue weighted by atomic mass is 35.5. The van der Waals surface area contributed by atoms with Gasteiger partial charge in [0, 0.05) is 12.5 Å². The van der Waals surface area contributed by atoms with E-state index in [0.29, 0.717) is 30.1 Å². The van der Waals surface area contributed by atoms with Crippen molar-refractivity contribution < 1.29 is 4.74 Å². The summed E-state index contributed by atoms with van der Waals surface area (Å²) >= 11 is 7.06. The molecule has 0 fully saturated rings. The number of methoxy groups -OCH3 is 1. The number of rotatable bonds is 5. The lowest BCUT2D eigenvalue weighted by Gasteiger charge is -2.00. The highest BCUT2D eigenvalue weighted by molar-refractivity contribution is 7.13. The first kappa shape index (κ1) is 12.2. The zero-order chi connectivity index (χ0) is 11.1. The summed E-state index contributed by atoms with van der Waals surface area (Å²) in [6.07, 6.45) is 0. The molecule has 0 bridgehead atoms. The van der Waals surface area contributed by atoms with Crippen LogP contribution in [0.4, 0.5) is 5.13 Å². The molecule has 0 aliphatic heterocycles. The van der Waals surface area contributed by atoms with E-state index in [1.165, 1.54) is 11.3 Å². The highest BCUT2D eigenvalue weighted by Crippen LogP contribution is 2.15. The van der Waals surface area contributed by atoms with Gasteiger partial charge < -0.3 is 15.8 Å². The predicted octanol–water partition coefficient (Wildman–Crippen LogP) is 1.25. The van der Waals surface area contributed by atoms with E-state index in [1.807, 2.05) is 5.38 Å². The molecule has 3 N–H and O–H groups in total. The third kappa shape index (κ3) is 4.46. The monoisotopic (exact) mass is 248 g/mol. The molecular weight excluding hydrogens is 236 g/mol. The molecule has 1 rings (SSSR count). The minimum Gasteiger partial charge on any atom is -0.383 e. The Morgan fingerprint density at radius 3 is 3.20 bits per heavy atom. The lowest BCUT2D eigenvalue weighted by molar-refractivity contribution is 0.208. The molecule has 1 aromatic rings. The molecule has 15 heavy (non-hydrogen) atoms. The van der Waals surface area contributed by atoms with E-state index < -0.39 is 0 Å². The minimum absolute atomic E-state index is 0.336. The van der Waals surface area contributed by atoms with Crippen molar-refractivity contribution in [1.29, 1.82) is 0 Å². The van der Waals surface area contributed by atoms with Gasteiger partial charge in [0.1, 0.15) is 0 Å². The average molecular weight is 249 g/mol. The molecule has 0 atom stereocenters. The molecule has 0 radical (unpaired) electrons. The van der Waals surface area contributed by atoms with E-state index in [1.54, 1.807) is 7.11 Å². The first-order valence-corrected chi connectivity index (χ1v) is 5.74. The molecule has 0 saturated carbocycles. The van der Waals surface area contributed by atoms with Gasteiger partial charge in [-0.15, -0.1) is 22.9 Å². The van der Waals surface area contributed by atoms with E-state index in [-0.39, 0.29) is 0 Å². The van der Waals surface area contributed by atoms with Crippen LogP contribution in [0.3, 0.4) is 0 Å². The third-order valence-electron chi connectivity index (χ3n) is 1.50. The standard InChI is InChI=1S/C8H13ClN4OS/c1-14-3-2-11-7(10)13-8-12-6(4-9)5-15-8/h5H,2-4H2,1H3,(H3,10,11,12,13). The van der Waals surface area contributed by atoms with E-state index in [4.69, 9.17) is 22.1 Å². The van der Waals surface area contributed by atoms with Crippen LogP contribution in [0.15, 0.2) is 10.4 Å². The molecule has 0 amide bonds. The van der Waals surface area contributed by atoms with Crippen molar-refractivity contribution in [1.82, 2.24) is 4.98 Å². The van der Waals surface area contributed by atoms with Gasteiger partial charge in [0.25, 0.3) is 0 Å². The number of aromatic nitrogens is 1. The molecule has 0 unspecified atom stereocenters.